The molecule has 1 amide bonds. The molecule has 1 saturated heterocycles. The molecule has 100 valence electrons. The Bertz CT molecular complexity index is 584. The van der Waals surface area contributed by atoms with E-state index in [1.54, 1.807) is 12.4 Å². The van der Waals surface area contributed by atoms with Gasteiger partial charge in [-0.25, -0.2) is 0 Å². The van der Waals surface area contributed by atoms with Crippen LogP contribution in [0.25, 0.3) is 11.0 Å². The summed E-state index contributed by atoms with van der Waals surface area (Å²) in [5.41, 5.74) is 2.40. The number of benzene rings is 1. The first-order chi connectivity index (χ1) is 8.83. The van der Waals surface area contributed by atoms with Crippen molar-refractivity contribution >= 4 is 35.0 Å². The molecule has 6 heteroatoms. The van der Waals surface area contributed by atoms with Crippen molar-refractivity contribution in [3.05, 3.63) is 30.6 Å². The van der Waals surface area contributed by atoms with Gasteiger partial charge in [-0.1, -0.05) is 0 Å². The number of halogens is 1. The second kappa shape index (κ2) is 5.95. The van der Waals surface area contributed by atoms with Crippen LogP contribution in [-0.4, -0.2) is 29.0 Å². The van der Waals surface area contributed by atoms with E-state index in [0.29, 0.717) is 0 Å². The van der Waals surface area contributed by atoms with Crippen LogP contribution in [0.3, 0.4) is 0 Å². The van der Waals surface area contributed by atoms with Crippen LogP contribution in [0, 0.1) is 5.92 Å². The van der Waals surface area contributed by atoms with Crippen molar-refractivity contribution in [1.82, 2.24) is 15.3 Å². The van der Waals surface area contributed by atoms with Crippen LogP contribution in [0.15, 0.2) is 30.6 Å². The molecule has 19 heavy (non-hydrogen) atoms. The standard InChI is InChI=1S/C13H14N4O.ClH/c18-13(9-3-4-14-8-9)17-10-1-2-11-12(7-10)16-6-5-15-11;/h1-2,5-7,9,14H,3-4,8H2,(H,17,18);1H. The fourth-order valence-corrected chi connectivity index (χ4v) is 2.16. The lowest BCUT2D eigenvalue weighted by Crippen LogP contribution is -2.24. The van der Waals surface area contributed by atoms with Crippen molar-refractivity contribution in [2.75, 3.05) is 18.4 Å². The summed E-state index contributed by atoms with van der Waals surface area (Å²) in [6.07, 6.45) is 4.21. The molecule has 0 saturated carbocycles. The van der Waals surface area contributed by atoms with E-state index in [1.165, 1.54) is 0 Å². The average molecular weight is 279 g/mol. The van der Waals surface area contributed by atoms with E-state index >= 15 is 0 Å². The smallest absolute Gasteiger partial charge is 0.228 e. The highest BCUT2D eigenvalue weighted by Gasteiger charge is 2.22. The molecule has 2 heterocycles. The monoisotopic (exact) mass is 278 g/mol. The summed E-state index contributed by atoms with van der Waals surface area (Å²) in [5, 5.41) is 6.11. The summed E-state index contributed by atoms with van der Waals surface area (Å²) in [7, 11) is 0. The molecule has 0 spiro atoms. The third-order valence-corrected chi connectivity index (χ3v) is 3.17. The quantitative estimate of drug-likeness (QED) is 0.876. The van der Waals surface area contributed by atoms with Crippen molar-refractivity contribution < 1.29 is 4.79 Å². The summed E-state index contributed by atoms with van der Waals surface area (Å²) < 4.78 is 0. The molecule has 5 nitrogen and oxygen atoms in total. The van der Waals surface area contributed by atoms with Crippen LogP contribution >= 0.6 is 12.4 Å². The van der Waals surface area contributed by atoms with Crippen molar-refractivity contribution in [3.63, 3.8) is 0 Å². The largest absolute Gasteiger partial charge is 0.326 e. The Morgan fingerprint density at radius 3 is 2.79 bits per heavy atom. The highest BCUT2D eigenvalue weighted by Crippen LogP contribution is 2.17. The summed E-state index contributed by atoms with van der Waals surface area (Å²) in [4.78, 5) is 20.4. The molecule has 3 rings (SSSR count). The van der Waals surface area contributed by atoms with E-state index in [2.05, 4.69) is 20.6 Å². The maximum atomic E-state index is 12.0. The van der Waals surface area contributed by atoms with Gasteiger partial charge in [-0.3, -0.25) is 14.8 Å². The number of nitrogens with one attached hydrogen (secondary N) is 2. The lowest BCUT2D eigenvalue weighted by atomic mass is 10.1. The highest BCUT2D eigenvalue weighted by atomic mass is 35.5. The normalized spacial score (nSPS) is 18.0. The molecule has 1 atom stereocenters. The summed E-state index contributed by atoms with van der Waals surface area (Å²) >= 11 is 0. The summed E-state index contributed by atoms with van der Waals surface area (Å²) in [6, 6.07) is 5.57. The Kier molecular flexibility index (Phi) is 4.29. The van der Waals surface area contributed by atoms with Crippen molar-refractivity contribution in [2.24, 2.45) is 5.92 Å². The zero-order chi connectivity index (χ0) is 12.4. The molecule has 1 unspecified atom stereocenters. The van der Waals surface area contributed by atoms with Gasteiger partial charge in [-0.15, -0.1) is 12.4 Å². The molecule has 1 aromatic heterocycles. The minimum absolute atomic E-state index is 0. The number of carbonyl (C=O) groups excluding carboxylic acids is 1. The van der Waals surface area contributed by atoms with E-state index in [-0.39, 0.29) is 24.2 Å². The molecule has 1 aromatic carbocycles. The number of amides is 1. The van der Waals surface area contributed by atoms with Crippen molar-refractivity contribution in [3.8, 4) is 0 Å². The first-order valence-corrected chi connectivity index (χ1v) is 6.05. The zero-order valence-corrected chi connectivity index (χ0v) is 11.1. The van der Waals surface area contributed by atoms with Crippen LogP contribution in [0.4, 0.5) is 5.69 Å². The minimum atomic E-state index is 0. The Labute approximate surface area is 117 Å². The van der Waals surface area contributed by atoms with E-state index in [9.17, 15) is 4.79 Å². The van der Waals surface area contributed by atoms with E-state index in [4.69, 9.17) is 0 Å². The minimum Gasteiger partial charge on any atom is -0.326 e. The Morgan fingerprint density at radius 1 is 1.26 bits per heavy atom. The number of hydrogen-bond donors (Lipinski definition) is 2. The fraction of sp³-hybridized carbons (Fsp3) is 0.308. The number of carbonyl (C=O) groups is 1. The van der Waals surface area contributed by atoms with Gasteiger partial charge in [0.1, 0.15) is 0 Å². The third-order valence-electron chi connectivity index (χ3n) is 3.17. The van der Waals surface area contributed by atoms with Crippen LogP contribution in [0.2, 0.25) is 0 Å². The first-order valence-electron chi connectivity index (χ1n) is 6.05. The maximum Gasteiger partial charge on any atom is 0.228 e. The Balaban J connectivity index is 0.00000133. The Hall–Kier alpha value is -1.72. The molecule has 1 fully saturated rings. The van der Waals surface area contributed by atoms with Crippen molar-refractivity contribution in [2.45, 2.75) is 6.42 Å². The van der Waals surface area contributed by atoms with Gasteiger partial charge in [0.05, 0.1) is 17.0 Å². The van der Waals surface area contributed by atoms with Gasteiger partial charge in [0.25, 0.3) is 0 Å². The zero-order valence-electron chi connectivity index (χ0n) is 10.3. The maximum absolute atomic E-state index is 12.0. The van der Waals surface area contributed by atoms with Crippen molar-refractivity contribution in [1.29, 1.82) is 0 Å². The lowest BCUT2D eigenvalue weighted by Gasteiger charge is -2.10. The average Bonchev–Trinajstić information content (AvgIpc) is 2.92. The van der Waals surface area contributed by atoms with Gasteiger partial charge < -0.3 is 10.6 Å². The molecule has 0 radical (unpaired) electrons. The summed E-state index contributed by atoms with van der Waals surface area (Å²) in [6.45, 7) is 1.68. The molecule has 2 N–H and O–H groups in total. The van der Waals surface area contributed by atoms with E-state index in [0.717, 1.165) is 36.2 Å². The number of aromatic nitrogens is 2. The van der Waals surface area contributed by atoms with Gasteiger partial charge in [0.15, 0.2) is 0 Å². The van der Waals surface area contributed by atoms with Crippen LogP contribution in [0.5, 0.6) is 0 Å². The van der Waals surface area contributed by atoms with Gasteiger partial charge in [0.2, 0.25) is 5.91 Å². The van der Waals surface area contributed by atoms with Gasteiger partial charge in [-0.05, 0) is 31.2 Å². The topological polar surface area (TPSA) is 66.9 Å². The molecule has 1 aliphatic heterocycles. The molecule has 0 bridgehead atoms. The fourth-order valence-electron chi connectivity index (χ4n) is 2.16. The van der Waals surface area contributed by atoms with Gasteiger partial charge in [0, 0.05) is 24.6 Å². The predicted molar refractivity (Wildman–Crippen MR) is 76.4 cm³/mol. The predicted octanol–water partition coefficient (Wildman–Crippen LogP) is 1.60. The van der Waals surface area contributed by atoms with E-state index < -0.39 is 0 Å². The van der Waals surface area contributed by atoms with E-state index in [1.807, 2.05) is 18.2 Å². The lowest BCUT2D eigenvalue weighted by molar-refractivity contribution is -0.119. The molecule has 0 aliphatic carbocycles. The number of rotatable bonds is 2. The number of nitrogens with zero attached hydrogens (tertiary/aromatic N) is 2. The number of hydrogen-bond acceptors (Lipinski definition) is 4. The van der Waals surface area contributed by atoms with Gasteiger partial charge >= 0.3 is 0 Å². The molecule has 2 aromatic rings. The molecular formula is C13H15ClN4O. The summed E-state index contributed by atoms with van der Waals surface area (Å²) in [5.74, 6) is 0.144. The number of fused-ring (bicyclic) bond motifs is 1. The SMILES string of the molecule is Cl.O=C(Nc1ccc2nccnc2c1)C1CCNC1. The molecule has 1 aliphatic rings. The number of anilines is 1. The van der Waals surface area contributed by atoms with Crippen LogP contribution in [-0.2, 0) is 4.79 Å². The van der Waals surface area contributed by atoms with Gasteiger partial charge in [-0.2, -0.15) is 0 Å². The second-order valence-corrected chi connectivity index (χ2v) is 4.44. The second-order valence-electron chi connectivity index (χ2n) is 4.44. The third kappa shape index (κ3) is 3.00. The highest BCUT2D eigenvalue weighted by molar-refractivity contribution is 5.94. The van der Waals surface area contributed by atoms with Crippen LogP contribution < -0.4 is 10.6 Å². The van der Waals surface area contributed by atoms with Crippen LogP contribution in [0.1, 0.15) is 6.42 Å². The molecular weight excluding hydrogens is 264 g/mol. The Morgan fingerprint density at radius 2 is 2.05 bits per heavy atom. The first kappa shape index (κ1) is 13.7.